The fraction of sp³-hybridized carbons (Fsp3) is 0.500. The van der Waals surface area contributed by atoms with Crippen LogP contribution in [0.1, 0.15) is 22.3 Å². The monoisotopic (exact) mass is 266 g/mol. The summed E-state index contributed by atoms with van der Waals surface area (Å²) in [4.78, 5) is 12.1. The number of rotatable bonds is 1. The molecule has 0 N–H and O–H groups in total. The Morgan fingerprint density at radius 1 is 0.938 bits per heavy atom. The Bertz CT molecular complexity index is 372. The van der Waals surface area contributed by atoms with Crippen LogP contribution < -0.4 is 22.4 Å². The molecule has 0 spiro atoms. The summed E-state index contributed by atoms with van der Waals surface area (Å²) in [6, 6.07) is 2.09. The van der Waals surface area contributed by atoms with Crippen molar-refractivity contribution in [1.82, 2.24) is 0 Å². The van der Waals surface area contributed by atoms with Gasteiger partial charge in [0.05, 0.1) is 0 Å². The number of aryl methyl sites for hydroxylation is 1. The van der Waals surface area contributed by atoms with Gasteiger partial charge in [-0.15, -0.1) is 0 Å². The van der Waals surface area contributed by atoms with Gasteiger partial charge in [-0.2, -0.15) is 0 Å². The van der Waals surface area contributed by atoms with Crippen LogP contribution in [0, 0.1) is 27.7 Å². The van der Waals surface area contributed by atoms with E-state index in [1.165, 1.54) is 22.3 Å². The van der Waals surface area contributed by atoms with Crippen molar-refractivity contribution in [3.63, 3.8) is 0 Å². The van der Waals surface area contributed by atoms with Gasteiger partial charge in [-0.25, -0.2) is 0 Å². The first-order valence-corrected chi connectivity index (χ1v) is 7.94. The molecule has 1 rings (SSSR count). The molecule has 0 aliphatic rings. The Morgan fingerprint density at radius 2 is 1.38 bits per heavy atom. The van der Waals surface area contributed by atoms with E-state index >= 15 is 0 Å². The molecule has 0 fully saturated rings. The maximum atomic E-state index is 12.1. The van der Waals surface area contributed by atoms with Crippen molar-refractivity contribution < 1.29 is 17.2 Å². The minimum Gasteiger partial charge on any atom is -1.00 e. The maximum Gasteiger partial charge on any atom is 2.00 e. The van der Waals surface area contributed by atoms with E-state index in [-0.39, 0.29) is 35.5 Å². The van der Waals surface area contributed by atoms with Gasteiger partial charge in [0.1, 0.15) is 0 Å². The summed E-state index contributed by atoms with van der Waals surface area (Å²) < 4.78 is 0. The molecule has 0 bridgehead atoms. The van der Waals surface area contributed by atoms with Crippen molar-refractivity contribution in [3.8, 4) is 0 Å². The van der Waals surface area contributed by atoms with Gasteiger partial charge < -0.3 is 17.2 Å². The summed E-state index contributed by atoms with van der Waals surface area (Å²) >= 11 is 0. The van der Waals surface area contributed by atoms with E-state index in [9.17, 15) is 4.80 Å². The van der Waals surface area contributed by atoms with Crippen molar-refractivity contribution in [2.75, 3.05) is 0 Å². The largest absolute Gasteiger partial charge is 2.00 e. The molecule has 0 aliphatic carbocycles. The third kappa shape index (κ3) is 3.74. The Balaban J connectivity index is 0. The molecule has 0 atom stereocenters. The van der Waals surface area contributed by atoms with Crippen LogP contribution >= 0.6 is 0 Å². The fourth-order valence-electron chi connectivity index (χ4n) is 1.84. The zero-order valence-electron chi connectivity index (χ0n) is 11.1. The van der Waals surface area contributed by atoms with Crippen LogP contribution in [0.2, 0.25) is 13.1 Å². The van der Waals surface area contributed by atoms with Crippen molar-refractivity contribution in [2.45, 2.75) is 40.8 Å². The summed E-state index contributed by atoms with van der Waals surface area (Å²) in [5.74, 6) is 0. The van der Waals surface area contributed by atoms with Crippen LogP contribution in [0.5, 0.6) is 0 Å². The quantitative estimate of drug-likeness (QED) is 0.557. The van der Waals surface area contributed by atoms with Gasteiger partial charge in [-0.1, -0.05) is 29.9 Å². The fourth-order valence-corrected chi connectivity index (χ4v) is 3.49. The summed E-state index contributed by atoms with van der Waals surface area (Å²) in [7, 11) is -2.41. The van der Waals surface area contributed by atoms with Gasteiger partial charge in [0, 0.05) is 0 Å². The van der Waals surface area contributed by atoms with Crippen LogP contribution in [0.4, 0.5) is 0 Å². The van der Waals surface area contributed by atoms with E-state index in [1.54, 1.807) is 0 Å². The Kier molecular flexibility index (Phi) is 7.53. The van der Waals surface area contributed by atoms with E-state index in [1.807, 2.05) is 13.1 Å². The summed E-state index contributed by atoms with van der Waals surface area (Å²) in [5, 5.41) is 1.07. The average molecular weight is 267 g/mol. The number of benzene rings is 1. The Morgan fingerprint density at radius 3 is 1.75 bits per heavy atom. The molecule has 0 saturated carbocycles. The van der Waals surface area contributed by atoms with E-state index in [0.717, 1.165) is 5.19 Å². The summed E-state index contributed by atoms with van der Waals surface area (Å²) in [5.41, 5.74) is 5.07. The van der Waals surface area contributed by atoms with Crippen LogP contribution in [0.25, 0.3) is 0 Å². The van der Waals surface area contributed by atoms with Crippen LogP contribution in [0.15, 0.2) is 6.07 Å². The molecular weight excluding hydrogens is 248 g/mol. The molecule has 0 heterocycles. The molecule has 0 unspecified atom stereocenters. The number of hydrogen-bond donors (Lipinski definition) is 0. The van der Waals surface area contributed by atoms with Crippen molar-refractivity contribution in [3.05, 3.63) is 28.3 Å². The molecule has 0 saturated heterocycles. The SMILES string of the molecule is Cc1cc([Si](C)(C)[O-])c(C)c(C)c1C.[Cl-].[Mg+2]. The molecule has 86 valence electrons. The Labute approximate surface area is 122 Å². The summed E-state index contributed by atoms with van der Waals surface area (Å²) in [6.45, 7) is 12.1. The molecule has 4 heteroatoms. The zero-order chi connectivity index (χ0) is 11.1. The first-order valence-electron chi connectivity index (χ1n) is 5.03. The smallest absolute Gasteiger partial charge is 1.00 e. The van der Waals surface area contributed by atoms with Crippen LogP contribution in [-0.2, 0) is 0 Å². The number of halogens is 1. The van der Waals surface area contributed by atoms with Gasteiger partial charge in [-0.05, 0) is 52.7 Å². The third-order valence-electron chi connectivity index (χ3n) is 3.13. The summed E-state index contributed by atoms with van der Waals surface area (Å²) in [6.07, 6.45) is 0. The van der Waals surface area contributed by atoms with Crippen LogP contribution in [-0.4, -0.2) is 31.4 Å². The van der Waals surface area contributed by atoms with Gasteiger partial charge in [0.25, 0.3) is 0 Å². The standard InChI is InChI=1S/C12H19OSi.ClH.Mg/c1-8-7-12(14(5,6)13)11(4)10(3)9(8)2;;/h7H,1-6H3;1H;/q-1;;+2/p-1. The van der Waals surface area contributed by atoms with Gasteiger partial charge in [0.2, 0.25) is 0 Å². The molecule has 1 aromatic carbocycles. The van der Waals surface area contributed by atoms with E-state index < -0.39 is 8.32 Å². The molecule has 16 heavy (non-hydrogen) atoms. The normalized spacial score (nSPS) is 10.4. The first-order chi connectivity index (χ1) is 6.25. The second-order valence-corrected chi connectivity index (χ2v) is 8.19. The molecule has 0 aromatic heterocycles. The minimum atomic E-state index is -2.41. The topological polar surface area (TPSA) is 23.1 Å². The Hall–Kier alpha value is 0.453. The van der Waals surface area contributed by atoms with Crippen molar-refractivity contribution >= 4 is 36.6 Å². The zero-order valence-corrected chi connectivity index (χ0v) is 14.2. The predicted octanol–water partition coefficient (Wildman–Crippen LogP) is -1.68. The minimum absolute atomic E-state index is 0. The van der Waals surface area contributed by atoms with E-state index in [0.29, 0.717) is 0 Å². The molecule has 1 nitrogen and oxygen atoms in total. The number of hydrogen-bond acceptors (Lipinski definition) is 1. The molecular formula is C12H19ClMgOSi. The maximum absolute atomic E-state index is 12.1. The van der Waals surface area contributed by atoms with E-state index in [4.69, 9.17) is 0 Å². The van der Waals surface area contributed by atoms with Crippen molar-refractivity contribution in [2.24, 2.45) is 0 Å². The van der Waals surface area contributed by atoms with E-state index in [2.05, 4.69) is 33.8 Å². The van der Waals surface area contributed by atoms with Crippen LogP contribution in [0.3, 0.4) is 0 Å². The van der Waals surface area contributed by atoms with Gasteiger partial charge in [-0.3, -0.25) is 0 Å². The second-order valence-electron chi connectivity index (χ2n) is 4.63. The first kappa shape index (κ1) is 18.8. The third-order valence-corrected chi connectivity index (χ3v) is 4.95. The molecule has 0 radical (unpaired) electrons. The van der Waals surface area contributed by atoms with Crippen molar-refractivity contribution in [1.29, 1.82) is 0 Å². The average Bonchev–Trinajstić information content (AvgIpc) is 2.06. The molecule has 0 aliphatic heterocycles. The molecule has 1 aromatic rings. The second kappa shape index (κ2) is 6.40. The van der Waals surface area contributed by atoms with Gasteiger partial charge >= 0.3 is 23.1 Å². The predicted molar refractivity (Wildman–Crippen MR) is 68.3 cm³/mol. The van der Waals surface area contributed by atoms with Gasteiger partial charge in [0.15, 0.2) is 0 Å². The molecule has 0 amide bonds.